The standard InChI is InChI=1S/C31H54N2O4/c1-6-7-8-9-10-11-12-13-14-20-25-36-28-22-18-17-21-27(28)26-33(5)29(34)23-16-15-19-24-32-30(35)37-31(2,3)4/h17-18,21-22H,6-16,19-20,23-26H2,1-5H3,(H,32,35). The molecule has 0 bridgehead atoms. The number of nitrogens with zero attached hydrogens (tertiary/aromatic N) is 1. The number of ether oxygens (including phenoxy) is 2. The Morgan fingerprint density at radius 1 is 0.838 bits per heavy atom. The molecule has 1 aromatic carbocycles. The van der Waals surface area contributed by atoms with Gasteiger partial charge in [-0.2, -0.15) is 0 Å². The van der Waals surface area contributed by atoms with Crippen molar-refractivity contribution in [3.05, 3.63) is 29.8 Å². The molecule has 0 saturated carbocycles. The SMILES string of the molecule is CCCCCCCCCCCCOc1ccccc1CN(C)C(=O)CCCCCNC(=O)OC(C)(C)C. The number of alkyl carbamates (subject to hydrolysis) is 1. The predicted molar refractivity (Wildman–Crippen MR) is 153 cm³/mol. The maximum absolute atomic E-state index is 12.6. The number of rotatable bonds is 20. The second-order valence-electron chi connectivity index (χ2n) is 11.1. The Kier molecular flexibility index (Phi) is 17.6. The molecule has 0 aliphatic carbocycles. The normalized spacial score (nSPS) is 11.3. The number of carbonyl (C=O) groups is 2. The fraction of sp³-hybridized carbons (Fsp3) is 0.742. The molecule has 0 aliphatic heterocycles. The lowest BCUT2D eigenvalue weighted by atomic mass is 10.1. The largest absolute Gasteiger partial charge is 0.493 e. The monoisotopic (exact) mass is 518 g/mol. The first kappa shape index (κ1) is 32.8. The van der Waals surface area contributed by atoms with Crippen molar-refractivity contribution in [3.8, 4) is 5.75 Å². The van der Waals surface area contributed by atoms with Crippen LogP contribution in [0.15, 0.2) is 24.3 Å². The summed E-state index contributed by atoms with van der Waals surface area (Å²) in [6, 6.07) is 8.03. The summed E-state index contributed by atoms with van der Waals surface area (Å²) >= 11 is 0. The molecule has 6 nitrogen and oxygen atoms in total. The van der Waals surface area contributed by atoms with Crippen LogP contribution in [0.2, 0.25) is 0 Å². The van der Waals surface area contributed by atoms with E-state index in [-0.39, 0.29) is 5.91 Å². The Bertz CT molecular complexity index is 745. The molecule has 0 aliphatic rings. The summed E-state index contributed by atoms with van der Waals surface area (Å²) in [5.41, 5.74) is 0.560. The van der Waals surface area contributed by atoms with Gasteiger partial charge in [-0.1, -0.05) is 89.3 Å². The summed E-state index contributed by atoms with van der Waals surface area (Å²) < 4.78 is 11.3. The van der Waals surface area contributed by atoms with E-state index in [2.05, 4.69) is 12.2 Å². The van der Waals surface area contributed by atoms with Gasteiger partial charge in [-0.15, -0.1) is 0 Å². The predicted octanol–water partition coefficient (Wildman–Crippen LogP) is 8.03. The van der Waals surface area contributed by atoms with E-state index in [4.69, 9.17) is 9.47 Å². The number of para-hydroxylation sites is 1. The summed E-state index contributed by atoms with van der Waals surface area (Å²) in [5.74, 6) is 1.01. The third-order valence-corrected chi connectivity index (χ3v) is 6.30. The van der Waals surface area contributed by atoms with E-state index in [1.54, 1.807) is 4.90 Å². The van der Waals surface area contributed by atoms with Gasteiger partial charge in [0.15, 0.2) is 0 Å². The van der Waals surface area contributed by atoms with Crippen molar-refractivity contribution in [3.63, 3.8) is 0 Å². The number of amides is 2. The second kappa shape index (κ2) is 19.8. The average molecular weight is 519 g/mol. The highest BCUT2D eigenvalue weighted by atomic mass is 16.6. The third kappa shape index (κ3) is 17.8. The number of benzene rings is 1. The smallest absolute Gasteiger partial charge is 0.407 e. The van der Waals surface area contributed by atoms with E-state index in [1.807, 2.05) is 52.1 Å². The summed E-state index contributed by atoms with van der Waals surface area (Å²) in [5, 5.41) is 2.76. The van der Waals surface area contributed by atoms with Gasteiger partial charge < -0.3 is 19.7 Å². The van der Waals surface area contributed by atoms with Crippen LogP contribution in [0.25, 0.3) is 0 Å². The molecule has 1 aromatic rings. The molecule has 0 radical (unpaired) electrons. The van der Waals surface area contributed by atoms with Crippen molar-refractivity contribution in [2.24, 2.45) is 0 Å². The summed E-state index contributed by atoms with van der Waals surface area (Å²) in [6.45, 7) is 9.63. The minimum Gasteiger partial charge on any atom is -0.493 e. The number of hydrogen-bond donors (Lipinski definition) is 1. The van der Waals surface area contributed by atoms with Crippen LogP contribution in [0.5, 0.6) is 5.75 Å². The molecule has 37 heavy (non-hydrogen) atoms. The molecular weight excluding hydrogens is 464 g/mol. The van der Waals surface area contributed by atoms with Crippen LogP contribution in [0.4, 0.5) is 4.79 Å². The zero-order valence-corrected chi connectivity index (χ0v) is 24.4. The van der Waals surface area contributed by atoms with Gasteiger partial charge >= 0.3 is 6.09 Å². The first-order valence-corrected chi connectivity index (χ1v) is 14.6. The van der Waals surface area contributed by atoms with Crippen LogP contribution in [0.3, 0.4) is 0 Å². The maximum atomic E-state index is 12.6. The van der Waals surface area contributed by atoms with Crippen molar-refractivity contribution in [1.29, 1.82) is 0 Å². The lowest BCUT2D eigenvalue weighted by molar-refractivity contribution is -0.130. The van der Waals surface area contributed by atoms with Gasteiger partial charge in [0.2, 0.25) is 5.91 Å². The molecule has 1 N–H and O–H groups in total. The minimum atomic E-state index is -0.488. The molecule has 0 unspecified atom stereocenters. The van der Waals surface area contributed by atoms with Crippen LogP contribution < -0.4 is 10.1 Å². The Morgan fingerprint density at radius 3 is 2.08 bits per heavy atom. The number of hydrogen-bond acceptors (Lipinski definition) is 4. The van der Waals surface area contributed by atoms with Gasteiger partial charge in [-0.25, -0.2) is 4.79 Å². The molecule has 1 rings (SSSR count). The Labute approximate surface area is 226 Å². The average Bonchev–Trinajstić information content (AvgIpc) is 2.84. The van der Waals surface area contributed by atoms with Crippen LogP contribution in [0, 0.1) is 0 Å². The first-order chi connectivity index (χ1) is 17.7. The molecular formula is C31H54N2O4. The van der Waals surface area contributed by atoms with Gasteiger partial charge in [0.1, 0.15) is 11.4 Å². The minimum absolute atomic E-state index is 0.129. The highest BCUT2D eigenvalue weighted by molar-refractivity contribution is 5.75. The van der Waals surface area contributed by atoms with Gasteiger partial charge in [0.05, 0.1) is 6.61 Å². The lowest BCUT2D eigenvalue weighted by Gasteiger charge is -2.20. The van der Waals surface area contributed by atoms with E-state index in [9.17, 15) is 9.59 Å². The van der Waals surface area contributed by atoms with E-state index >= 15 is 0 Å². The molecule has 0 saturated heterocycles. The molecule has 2 amide bonds. The second-order valence-corrected chi connectivity index (χ2v) is 11.1. The van der Waals surface area contributed by atoms with Crippen molar-refractivity contribution in [2.75, 3.05) is 20.2 Å². The van der Waals surface area contributed by atoms with E-state index in [1.165, 1.54) is 57.8 Å². The summed E-state index contributed by atoms with van der Waals surface area (Å²) in [4.78, 5) is 26.0. The fourth-order valence-electron chi connectivity index (χ4n) is 4.16. The molecule has 0 atom stereocenters. The van der Waals surface area contributed by atoms with Crippen LogP contribution in [-0.4, -0.2) is 42.7 Å². The maximum Gasteiger partial charge on any atom is 0.407 e. The molecule has 212 valence electrons. The molecule has 0 aromatic heterocycles. The number of unbranched alkanes of at least 4 members (excludes halogenated alkanes) is 11. The molecule has 0 fully saturated rings. The fourth-order valence-corrected chi connectivity index (χ4v) is 4.16. The van der Waals surface area contributed by atoms with Gasteiger partial charge in [0.25, 0.3) is 0 Å². The molecule has 6 heteroatoms. The zero-order valence-electron chi connectivity index (χ0n) is 24.4. The van der Waals surface area contributed by atoms with Crippen molar-refractivity contribution in [1.82, 2.24) is 10.2 Å². The number of nitrogens with one attached hydrogen (secondary N) is 1. The summed E-state index contributed by atoms with van der Waals surface area (Å²) in [6.07, 6.45) is 15.7. The van der Waals surface area contributed by atoms with Crippen molar-refractivity contribution < 1.29 is 19.1 Å². The highest BCUT2D eigenvalue weighted by Crippen LogP contribution is 2.21. The van der Waals surface area contributed by atoms with E-state index < -0.39 is 11.7 Å². The van der Waals surface area contributed by atoms with Crippen molar-refractivity contribution >= 4 is 12.0 Å². The Hall–Kier alpha value is -2.24. The quantitative estimate of drug-likeness (QED) is 0.177. The van der Waals surface area contributed by atoms with Crippen LogP contribution in [-0.2, 0) is 16.1 Å². The number of carbonyl (C=O) groups excluding carboxylic acids is 2. The van der Waals surface area contributed by atoms with Crippen LogP contribution in [0.1, 0.15) is 123 Å². The Morgan fingerprint density at radius 2 is 1.43 bits per heavy atom. The highest BCUT2D eigenvalue weighted by Gasteiger charge is 2.15. The van der Waals surface area contributed by atoms with Crippen LogP contribution >= 0.6 is 0 Å². The summed E-state index contributed by atoms with van der Waals surface area (Å²) in [7, 11) is 1.85. The topological polar surface area (TPSA) is 67.9 Å². The molecule has 0 spiro atoms. The van der Waals surface area contributed by atoms with Crippen molar-refractivity contribution in [2.45, 2.75) is 130 Å². The lowest BCUT2D eigenvalue weighted by Crippen LogP contribution is -2.33. The van der Waals surface area contributed by atoms with Gasteiger partial charge in [-0.05, 0) is 46.1 Å². The van der Waals surface area contributed by atoms with Gasteiger partial charge in [-0.3, -0.25) is 4.79 Å². The van der Waals surface area contributed by atoms with Gasteiger partial charge in [0, 0.05) is 32.1 Å². The van der Waals surface area contributed by atoms with E-state index in [0.717, 1.165) is 43.6 Å². The zero-order chi connectivity index (χ0) is 27.4. The first-order valence-electron chi connectivity index (χ1n) is 14.6. The molecule has 0 heterocycles. The van der Waals surface area contributed by atoms with E-state index in [0.29, 0.717) is 19.5 Å². The third-order valence-electron chi connectivity index (χ3n) is 6.30. The Balaban J connectivity index is 2.20.